The van der Waals surface area contributed by atoms with E-state index >= 15 is 0 Å². The minimum Gasteiger partial charge on any atom is -0.363 e. The van der Waals surface area contributed by atoms with Crippen LogP contribution < -0.4 is 4.90 Å². The molecule has 0 spiro atoms. The maximum atomic E-state index is 11.6. The summed E-state index contributed by atoms with van der Waals surface area (Å²) < 4.78 is 0.883. The van der Waals surface area contributed by atoms with Crippen molar-refractivity contribution >= 4 is 38.2 Å². The van der Waals surface area contributed by atoms with Crippen molar-refractivity contribution in [3.8, 4) is 0 Å². The molecule has 1 saturated heterocycles. The largest absolute Gasteiger partial charge is 0.363 e. The summed E-state index contributed by atoms with van der Waals surface area (Å²) in [4.78, 5) is 24.1. The quantitative estimate of drug-likeness (QED) is 0.467. The molecule has 3 heterocycles. The first-order valence-corrected chi connectivity index (χ1v) is 9.50. The van der Waals surface area contributed by atoms with E-state index in [4.69, 9.17) is 0 Å². The molecule has 2 aromatic heterocycles. The normalized spacial score (nSPS) is 15.2. The third-order valence-electron chi connectivity index (χ3n) is 4.80. The third-order valence-corrected chi connectivity index (χ3v) is 5.29. The molecule has 27 heavy (non-hydrogen) atoms. The molecular weight excluding hydrogens is 410 g/mol. The first-order valence-electron chi connectivity index (χ1n) is 8.70. The van der Waals surface area contributed by atoms with Crippen molar-refractivity contribution in [2.45, 2.75) is 6.54 Å². The van der Waals surface area contributed by atoms with Crippen molar-refractivity contribution < 1.29 is 4.92 Å². The molecule has 7 nitrogen and oxygen atoms in total. The fourth-order valence-electron chi connectivity index (χ4n) is 3.49. The highest BCUT2D eigenvalue weighted by molar-refractivity contribution is 9.10. The lowest BCUT2D eigenvalue weighted by Gasteiger charge is -2.36. The summed E-state index contributed by atoms with van der Waals surface area (Å²) in [6.45, 7) is 3.97. The standard InChI is InChI=1S/C19H18BrN5O2/c20-15-3-4-17-16(10-15)19(18(12-22-17)25(26)27)24-8-6-23(7-9-24)13-14-2-1-5-21-11-14/h1-5,10-12H,6-9,13H2. The lowest BCUT2D eigenvalue weighted by Crippen LogP contribution is -2.46. The van der Waals surface area contributed by atoms with Gasteiger partial charge in [-0.15, -0.1) is 0 Å². The molecule has 1 aliphatic rings. The van der Waals surface area contributed by atoms with Crippen LogP contribution in [-0.4, -0.2) is 46.0 Å². The van der Waals surface area contributed by atoms with Gasteiger partial charge in [-0.3, -0.25) is 20.0 Å². The zero-order chi connectivity index (χ0) is 18.8. The number of nitro groups is 1. The Hall–Kier alpha value is -2.58. The van der Waals surface area contributed by atoms with Crippen molar-refractivity contribution in [1.82, 2.24) is 14.9 Å². The minimum absolute atomic E-state index is 0.0568. The van der Waals surface area contributed by atoms with Gasteiger partial charge >= 0.3 is 5.69 Å². The molecule has 0 atom stereocenters. The predicted molar refractivity (Wildman–Crippen MR) is 108 cm³/mol. The van der Waals surface area contributed by atoms with Crippen LogP contribution in [0.25, 0.3) is 10.9 Å². The zero-order valence-electron chi connectivity index (χ0n) is 14.6. The van der Waals surface area contributed by atoms with Gasteiger partial charge in [0.25, 0.3) is 0 Å². The second-order valence-corrected chi connectivity index (χ2v) is 7.45. The lowest BCUT2D eigenvalue weighted by molar-refractivity contribution is -0.384. The number of anilines is 1. The second-order valence-electron chi connectivity index (χ2n) is 6.54. The van der Waals surface area contributed by atoms with Crippen LogP contribution >= 0.6 is 15.9 Å². The van der Waals surface area contributed by atoms with E-state index in [0.717, 1.165) is 48.1 Å². The third kappa shape index (κ3) is 3.77. The Morgan fingerprint density at radius 2 is 1.96 bits per heavy atom. The molecule has 0 N–H and O–H groups in total. The number of rotatable bonds is 4. The number of piperazine rings is 1. The van der Waals surface area contributed by atoms with Gasteiger partial charge in [0, 0.05) is 55.0 Å². The van der Waals surface area contributed by atoms with E-state index in [1.54, 1.807) is 6.20 Å². The number of aromatic nitrogens is 2. The van der Waals surface area contributed by atoms with Gasteiger partial charge in [0.2, 0.25) is 0 Å². The monoisotopic (exact) mass is 427 g/mol. The number of halogens is 1. The fourth-order valence-corrected chi connectivity index (χ4v) is 3.85. The summed E-state index contributed by atoms with van der Waals surface area (Å²) in [5.41, 5.74) is 2.65. The first kappa shape index (κ1) is 17.8. The summed E-state index contributed by atoms with van der Waals surface area (Å²) in [7, 11) is 0. The molecule has 4 rings (SSSR count). The topological polar surface area (TPSA) is 75.4 Å². The number of hydrogen-bond donors (Lipinski definition) is 0. The van der Waals surface area contributed by atoms with Crippen molar-refractivity contribution in [3.63, 3.8) is 0 Å². The summed E-state index contributed by atoms with van der Waals surface area (Å²) in [6, 6.07) is 9.70. The van der Waals surface area contributed by atoms with E-state index in [1.165, 1.54) is 11.8 Å². The van der Waals surface area contributed by atoms with Crippen LogP contribution in [0.5, 0.6) is 0 Å². The highest BCUT2D eigenvalue weighted by Crippen LogP contribution is 2.36. The number of pyridine rings is 2. The van der Waals surface area contributed by atoms with Crippen molar-refractivity contribution in [3.05, 3.63) is 69.1 Å². The SMILES string of the molecule is O=[N+]([O-])c1cnc2ccc(Br)cc2c1N1CCN(Cc2cccnc2)CC1. The molecule has 0 radical (unpaired) electrons. The Balaban J connectivity index is 1.60. The van der Waals surface area contributed by atoms with Crippen LogP contribution in [0.1, 0.15) is 5.56 Å². The van der Waals surface area contributed by atoms with E-state index in [9.17, 15) is 10.1 Å². The molecular formula is C19H18BrN5O2. The van der Waals surface area contributed by atoms with E-state index in [-0.39, 0.29) is 10.6 Å². The van der Waals surface area contributed by atoms with Gasteiger partial charge < -0.3 is 4.90 Å². The Bertz CT molecular complexity index is 975. The molecule has 138 valence electrons. The van der Waals surface area contributed by atoms with Gasteiger partial charge in [-0.05, 0) is 29.8 Å². The highest BCUT2D eigenvalue weighted by atomic mass is 79.9. The van der Waals surface area contributed by atoms with Crippen molar-refractivity contribution in [1.29, 1.82) is 0 Å². The van der Waals surface area contributed by atoms with Crippen LogP contribution in [0.2, 0.25) is 0 Å². The molecule has 0 unspecified atom stereocenters. The number of fused-ring (bicyclic) bond motifs is 1. The van der Waals surface area contributed by atoms with E-state index in [0.29, 0.717) is 5.69 Å². The van der Waals surface area contributed by atoms with Crippen LogP contribution in [0, 0.1) is 10.1 Å². The summed E-state index contributed by atoms with van der Waals surface area (Å²) in [6.07, 6.45) is 5.02. The molecule has 1 aromatic carbocycles. The minimum atomic E-state index is -0.343. The zero-order valence-corrected chi connectivity index (χ0v) is 16.2. The lowest BCUT2D eigenvalue weighted by atomic mass is 10.1. The Morgan fingerprint density at radius 3 is 2.67 bits per heavy atom. The van der Waals surface area contributed by atoms with Gasteiger partial charge in [0.05, 0.1) is 10.4 Å². The molecule has 0 aliphatic carbocycles. The van der Waals surface area contributed by atoms with Crippen LogP contribution in [-0.2, 0) is 6.54 Å². The van der Waals surface area contributed by atoms with Crippen LogP contribution in [0.15, 0.2) is 53.4 Å². The molecule has 3 aromatic rings. The van der Waals surface area contributed by atoms with Crippen LogP contribution in [0.3, 0.4) is 0 Å². The van der Waals surface area contributed by atoms with Gasteiger partial charge in [-0.2, -0.15) is 0 Å². The van der Waals surface area contributed by atoms with E-state index < -0.39 is 0 Å². The highest BCUT2D eigenvalue weighted by Gasteiger charge is 2.26. The van der Waals surface area contributed by atoms with Gasteiger partial charge in [0.1, 0.15) is 11.9 Å². The average Bonchev–Trinajstić information content (AvgIpc) is 2.68. The maximum Gasteiger partial charge on any atom is 0.311 e. The van der Waals surface area contributed by atoms with E-state index in [2.05, 4.69) is 41.8 Å². The summed E-state index contributed by atoms with van der Waals surface area (Å²) in [5, 5.41) is 12.4. The second kappa shape index (κ2) is 7.58. The Kier molecular flexibility index (Phi) is 5.00. The molecule has 1 fully saturated rings. The fraction of sp³-hybridized carbons (Fsp3) is 0.263. The van der Waals surface area contributed by atoms with Gasteiger partial charge in [-0.25, -0.2) is 4.98 Å². The summed E-state index contributed by atoms with van der Waals surface area (Å²) in [5.74, 6) is 0. The van der Waals surface area contributed by atoms with Gasteiger partial charge in [-0.1, -0.05) is 22.0 Å². The summed E-state index contributed by atoms with van der Waals surface area (Å²) >= 11 is 3.47. The average molecular weight is 428 g/mol. The molecule has 0 amide bonds. The maximum absolute atomic E-state index is 11.6. The van der Waals surface area contributed by atoms with E-state index in [1.807, 2.05) is 30.5 Å². The van der Waals surface area contributed by atoms with Crippen molar-refractivity contribution in [2.75, 3.05) is 31.1 Å². The number of nitrogens with zero attached hydrogens (tertiary/aromatic N) is 5. The number of benzene rings is 1. The predicted octanol–water partition coefficient (Wildman–Crippen LogP) is 3.62. The molecule has 8 heteroatoms. The van der Waals surface area contributed by atoms with Crippen LogP contribution in [0.4, 0.5) is 11.4 Å². The molecule has 0 bridgehead atoms. The smallest absolute Gasteiger partial charge is 0.311 e. The first-order chi connectivity index (χ1) is 13.1. The van der Waals surface area contributed by atoms with Gasteiger partial charge in [0.15, 0.2) is 0 Å². The Labute approximate surface area is 164 Å². The van der Waals surface area contributed by atoms with Crippen molar-refractivity contribution in [2.24, 2.45) is 0 Å². The Morgan fingerprint density at radius 1 is 1.15 bits per heavy atom. The number of hydrogen-bond acceptors (Lipinski definition) is 6. The molecule has 1 aliphatic heterocycles. The molecule has 0 saturated carbocycles.